The standard InChI is InChI=1S/C20H21FN2O3/c1-3-26-16-8-6-7-15(13-16)23-12-11-22(14(2)19(23)24)20(25)17-9-4-5-10-18(17)21/h4-10,13-14H,3,11-12H2,1-2H3. The summed E-state index contributed by atoms with van der Waals surface area (Å²) in [7, 11) is 0. The summed E-state index contributed by atoms with van der Waals surface area (Å²) in [6.45, 7) is 4.78. The Balaban J connectivity index is 1.80. The molecule has 6 heteroatoms. The summed E-state index contributed by atoms with van der Waals surface area (Å²) in [5.74, 6) is -0.555. The van der Waals surface area contributed by atoms with Crippen LogP contribution in [0.3, 0.4) is 0 Å². The molecule has 0 aliphatic carbocycles. The van der Waals surface area contributed by atoms with Gasteiger partial charge in [-0.1, -0.05) is 18.2 Å². The van der Waals surface area contributed by atoms with E-state index in [0.29, 0.717) is 25.4 Å². The fourth-order valence-electron chi connectivity index (χ4n) is 3.10. The maximum absolute atomic E-state index is 13.9. The highest BCUT2D eigenvalue weighted by molar-refractivity contribution is 6.03. The highest BCUT2D eigenvalue weighted by Crippen LogP contribution is 2.25. The highest BCUT2D eigenvalue weighted by atomic mass is 19.1. The largest absolute Gasteiger partial charge is 0.494 e. The van der Waals surface area contributed by atoms with Crippen molar-refractivity contribution in [2.75, 3.05) is 24.6 Å². The molecule has 5 nitrogen and oxygen atoms in total. The lowest BCUT2D eigenvalue weighted by Crippen LogP contribution is -2.57. The fourth-order valence-corrected chi connectivity index (χ4v) is 3.10. The van der Waals surface area contributed by atoms with E-state index >= 15 is 0 Å². The molecule has 0 radical (unpaired) electrons. The number of amides is 2. The van der Waals surface area contributed by atoms with Crippen molar-refractivity contribution in [1.82, 2.24) is 4.90 Å². The molecular formula is C20H21FN2O3. The molecular weight excluding hydrogens is 335 g/mol. The summed E-state index contributed by atoms with van der Waals surface area (Å²) < 4.78 is 19.4. The van der Waals surface area contributed by atoms with Crippen LogP contribution in [0.4, 0.5) is 10.1 Å². The van der Waals surface area contributed by atoms with Crippen molar-refractivity contribution in [3.8, 4) is 5.75 Å². The van der Waals surface area contributed by atoms with Crippen molar-refractivity contribution in [2.45, 2.75) is 19.9 Å². The molecule has 26 heavy (non-hydrogen) atoms. The van der Waals surface area contributed by atoms with E-state index in [2.05, 4.69) is 0 Å². The van der Waals surface area contributed by atoms with E-state index in [9.17, 15) is 14.0 Å². The molecule has 0 aromatic heterocycles. The van der Waals surface area contributed by atoms with Gasteiger partial charge in [0.15, 0.2) is 0 Å². The Labute approximate surface area is 152 Å². The van der Waals surface area contributed by atoms with Crippen LogP contribution in [0, 0.1) is 5.82 Å². The Morgan fingerprint density at radius 1 is 1.19 bits per heavy atom. The summed E-state index contributed by atoms with van der Waals surface area (Å²) in [6.07, 6.45) is 0. The first kappa shape index (κ1) is 17.9. The smallest absolute Gasteiger partial charge is 0.257 e. The van der Waals surface area contributed by atoms with Crippen LogP contribution >= 0.6 is 0 Å². The van der Waals surface area contributed by atoms with E-state index in [-0.39, 0.29) is 11.5 Å². The molecule has 1 unspecified atom stereocenters. The summed E-state index contributed by atoms with van der Waals surface area (Å²) in [4.78, 5) is 28.5. The molecule has 1 aliphatic rings. The number of rotatable bonds is 4. The first-order valence-corrected chi connectivity index (χ1v) is 8.62. The van der Waals surface area contributed by atoms with E-state index in [1.807, 2.05) is 31.2 Å². The predicted molar refractivity (Wildman–Crippen MR) is 96.9 cm³/mol. The number of hydrogen-bond acceptors (Lipinski definition) is 3. The molecule has 0 bridgehead atoms. The Kier molecular flexibility index (Phi) is 5.21. The van der Waals surface area contributed by atoms with Gasteiger partial charge >= 0.3 is 0 Å². The van der Waals surface area contributed by atoms with Crippen LogP contribution in [0.25, 0.3) is 0 Å². The van der Waals surface area contributed by atoms with Gasteiger partial charge in [0.25, 0.3) is 5.91 Å². The molecule has 1 aliphatic heterocycles. The normalized spacial score (nSPS) is 17.3. The van der Waals surface area contributed by atoms with E-state index in [1.165, 1.54) is 23.1 Å². The number of piperazine rings is 1. The lowest BCUT2D eigenvalue weighted by atomic mass is 10.1. The van der Waals surface area contributed by atoms with Crippen LogP contribution < -0.4 is 9.64 Å². The van der Waals surface area contributed by atoms with Gasteiger partial charge in [0.1, 0.15) is 17.6 Å². The maximum Gasteiger partial charge on any atom is 0.257 e. The SMILES string of the molecule is CCOc1cccc(N2CCN(C(=O)c3ccccc3F)C(C)C2=O)c1. The number of hydrogen-bond donors (Lipinski definition) is 0. The molecule has 0 saturated carbocycles. The Hall–Kier alpha value is -2.89. The van der Waals surface area contributed by atoms with Crippen molar-refractivity contribution in [2.24, 2.45) is 0 Å². The van der Waals surface area contributed by atoms with Crippen LogP contribution in [0.5, 0.6) is 5.75 Å². The molecule has 0 N–H and O–H groups in total. The van der Waals surface area contributed by atoms with Crippen LogP contribution in [-0.4, -0.2) is 42.5 Å². The van der Waals surface area contributed by atoms with Crippen molar-refractivity contribution >= 4 is 17.5 Å². The number of carbonyl (C=O) groups excluding carboxylic acids is 2. The monoisotopic (exact) mass is 356 g/mol. The van der Waals surface area contributed by atoms with E-state index in [4.69, 9.17) is 4.74 Å². The minimum Gasteiger partial charge on any atom is -0.494 e. The Morgan fingerprint density at radius 3 is 2.69 bits per heavy atom. The summed E-state index contributed by atoms with van der Waals surface area (Å²) in [5.41, 5.74) is 0.713. The van der Waals surface area contributed by atoms with Gasteiger partial charge in [0.05, 0.1) is 12.2 Å². The Morgan fingerprint density at radius 2 is 1.96 bits per heavy atom. The van der Waals surface area contributed by atoms with Crippen molar-refractivity contribution in [3.05, 3.63) is 59.9 Å². The van der Waals surface area contributed by atoms with Gasteiger partial charge < -0.3 is 14.5 Å². The molecule has 1 saturated heterocycles. The summed E-state index contributed by atoms with van der Waals surface area (Å²) in [6, 6.07) is 12.5. The number of anilines is 1. The molecule has 3 rings (SSSR count). The summed E-state index contributed by atoms with van der Waals surface area (Å²) in [5, 5.41) is 0. The van der Waals surface area contributed by atoms with Crippen molar-refractivity contribution < 1.29 is 18.7 Å². The molecule has 1 heterocycles. The second-order valence-corrected chi connectivity index (χ2v) is 6.07. The summed E-state index contributed by atoms with van der Waals surface area (Å²) >= 11 is 0. The molecule has 0 spiro atoms. The van der Waals surface area contributed by atoms with Crippen molar-refractivity contribution in [3.63, 3.8) is 0 Å². The third-order valence-electron chi connectivity index (χ3n) is 4.46. The molecule has 136 valence electrons. The minimum atomic E-state index is -0.674. The third kappa shape index (κ3) is 3.40. The molecule has 2 aromatic carbocycles. The van der Waals surface area contributed by atoms with Gasteiger partial charge in [0.2, 0.25) is 5.91 Å². The second-order valence-electron chi connectivity index (χ2n) is 6.07. The fraction of sp³-hybridized carbons (Fsp3) is 0.300. The van der Waals surface area contributed by atoms with Gasteiger partial charge in [-0.2, -0.15) is 0 Å². The molecule has 1 fully saturated rings. The van der Waals surface area contributed by atoms with Gasteiger partial charge in [-0.3, -0.25) is 9.59 Å². The van der Waals surface area contributed by atoms with Crippen molar-refractivity contribution in [1.29, 1.82) is 0 Å². The van der Waals surface area contributed by atoms with Gasteiger partial charge in [-0.15, -0.1) is 0 Å². The lowest BCUT2D eigenvalue weighted by Gasteiger charge is -2.39. The van der Waals surface area contributed by atoms with Crippen LogP contribution in [-0.2, 0) is 4.79 Å². The van der Waals surface area contributed by atoms with E-state index < -0.39 is 17.8 Å². The third-order valence-corrected chi connectivity index (χ3v) is 4.46. The van der Waals surface area contributed by atoms with Crippen LogP contribution in [0.2, 0.25) is 0 Å². The van der Waals surface area contributed by atoms with E-state index in [1.54, 1.807) is 17.9 Å². The first-order valence-electron chi connectivity index (χ1n) is 8.62. The van der Waals surface area contributed by atoms with Gasteiger partial charge in [-0.25, -0.2) is 4.39 Å². The number of ether oxygens (including phenoxy) is 1. The first-order chi connectivity index (χ1) is 12.5. The highest BCUT2D eigenvalue weighted by Gasteiger charge is 2.36. The average Bonchev–Trinajstić information content (AvgIpc) is 2.64. The van der Waals surface area contributed by atoms with E-state index in [0.717, 1.165) is 5.69 Å². The zero-order valence-corrected chi connectivity index (χ0v) is 14.8. The molecule has 2 amide bonds. The second kappa shape index (κ2) is 7.56. The maximum atomic E-state index is 13.9. The zero-order chi connectivity index (χ0) is 18.7. The predicted octanol–water partition coefficient (Wildman–Crippen LogP) is 3.10. The number of carbonyl (C=O) groups is 2. The molecule has 2 aromatic rings. The number of nitrogens with zero attached hydrogens (tertiary/aromatic N) is 2. The topological polar surface area (TPSA) is 49.9 Å². The van der Waals surface area contributed by atoms with Gasteiger partial charge in [-0.05, 0) is 38.1 Å². The number of halogens is 1. The number of benzene rings is 2. The zero-order valence-electron chi connectivity index (χ0n) is 14.8. The van der Waals surface area contributed by atoms with Gasteiger partial charge in [0, 0.05) is 24.8 Å². The lowest BCUT2D eigenvalue weighted by molar-refractivity contribution is -0.124. The molecule has 1 atom stereocenters. The Bertz CT molecular complexity index is 824. The van der Waals surface area contributed by atoms with Crippen LogP contribution in [0.1, 0.15) is 24.2 Å². The quantitative estimate of drug-likeness (QED) is 0.846. The average molecular weight is 356 g/mol. The van der Waals surface area contributed by atoms with Crippen LogP contribution in [0.15, 0.2) is 48.5 Å². The minimum absolute atomic E-state index is 0.0149.